The molecule has 122 valence electrons. The van der Waals surface area contributed by atoms with Crippen molar-refractivity contribution < 1.29 is 19.1 Å². The topological polar surface area (TPSA) is 94.2 Å². The van der Waals surface area contributed by atoms with Gasteiger partial charge in [-0.3, -0.25) is 4.79 Å². The van der Waals surface area contributed by atoms with E-state index in [0.717, 1.165) is 0 Å². The van der Waals surface area contributed by atoms with Crippen LogP contribution in [0.5, 0.6) is 0 Å². The largest absolute Gasteiger partial charge is 0.477 e. The van der Waals surface area contributed by atoms with E-state index in [0.29, 0.717) is 28.0 Å². The Hall–Kier alpha value is -3.35. The number of nitrogens with one attached hydrogen (secondary N) is 3. The van der Waals surface area contributed by atoms with Gasteiger partial charge in [0.25, 0.3) is 0 Å². The van der Waals surface area contributed by atoms with E-state index in [1.54, 1.807) is 24.3 Å². The summed E-state index contributed by atoms with van der Waals surface area (Å²) in [7, 11) is 0. The van der Waals surface area contributed by atoms with Gasteiger partial charge in [-0.25, -0.2) is 9.18 Å². The van der Waals surface area contributed by atoms with Crippen LogP contribution in [0.4, 0.5) is 21.5 Å². The van der Waals surface area contributed by atoms with Gasteiger partial charge in [0.15, 0.2) is 0 Å². The number of rotatable bonds is 4. The van der Waals surface area contributed by atoms with E-state index in [9.17, 15) is 14.0 Å². The molecule has 0 saturated carbocycles. The molecule has 1 heterocycles. The highest BCUT2D eigenvalue weighted by molar-refractivity contribution is 6.03. The molecule has 0 fully saturated rings. The predicted molar refractivity (Wildman–Crippen MR) is 89.2 cm³/mol. The van der Waals surface area contributed by atoms with Gasteiger partial charge in [0.2, 0.25) is 5.91 Å². The Kier molecular flexibility index (Phi) is 3.91. The number of H-pyrrole nitrogens is 1. The van der Waals surface area contributed by atoms with Crippen LogP contribution in [0.1, 0.15) is 17.4 Å². The lowest BCUT2D eigenvalue weighted by molar-refractivity contribution is -0.114. The summed E-state index contributed by atoms with van der Waals surface area (Å²) < 4.78 is 13.0. The van der Waals surface area contributed by atoms with E-state index >= 15 is 0 Å². The van der Waals surface area contributed by atoms with Gasteiger partial charge in [0.05, 0.1) is 11.2 Å². The first-order valence-corrected chi connectivity index (χ1v) is 7.12. The molecule has 2 aromatic carbocycles. The summed E-state index contributed by atoms with van der Waals surface area (Å²) in [4.78, 5) is 25.3. The molecule has 1 aromatic heterocycles. The summed E-state index contributed by atoms with van der Waals surface area (Å²) in [5.74, 6) is -1.68. The quantitative estimate of drug-likeness (QED) is 0.587. The number of carbonyl (C=O) groups excluding carboxylic acids is 1. The fourth-order valence-corrected chi connectivity index (χ4v) is 2.42. The molecule has 3 rings (SSSR count). The van der Waals surface area contributed by atoms with Crippen molar-refractivity contribution in [2.75, 3.05) is 10.6 Å². The highest BCUT2D eigenvalue weighted by atomic mass is 19.1. The van der Waals surface area contributed by atoms with Crippen molar-refractivity contribution in [3.63, 3.8) is 0 Å². The molecular formula is C17H14FN3O3. The summed E-state index contributed by atoms with van der Waals surface area (Å²) in [5.41, 5.74) is 2.33. The normalized spacial score (nSPS) is 10.6. The van der Waals surface area contributed by atoms with Crippen LogP contribution in [0.15, 0.2) is 42.5 Å². The van der Waals surface area contributed by atoms with Crippen molar-refractivity contribution >= 4 is 39.8 Å². The molecule has 1 amide bonds. The van der Waals surface area contributed by atoms with Crippen LogP contribution in [0.25, 0.3) is 10.9 Å². The molecule has 0 atom stereocenters. The first kappa shape index (κ1) is 15.5. The molecule has 4 N–H and O–H groups in total. The fraction of sp³-hybridized carbons (Fsp3) is 0.0588. The summed E-state index contributed by atoms with van der Waals surface area (Å²) in [5, 5.41) is 15.6. The Morgan fingerprint density at radius 1 is 1.08 bits per heavy atom. The van der Waals surface area contributed by atoms with Gasteiger partial charge in [0, 0.05) is 23.7 Å². The number of fused-ring (bicyclic) bond motifs is 1. The lowest BCUT2D eigenvalue weighted by Crippen LogP contribution is -2.06. The van der Waals surface area contributed by atoms with E-state index in [2.05, 4.69) is 15.6 Å². The van der Waals surface area contributed by atoms with E-state index in [-0.39, 0.29) is 17.4 Å². The van der Waals surface area contributed by atoms with Gasteiger partial charge in [-0.05, 0) is 42.5 Å². The number of carboxylic acid groups (broad SMARTS) is 1. The number of hydrogen-bond donors (Lipinski definition) is 4. The van der Waals surface area contributed by atoms with Crippen molar-refractivity contribution in [1.29, 1.82) is 0 Å². The molecule has 6 nitrogen and oxygen atoms in total. The van der Waals surface area contributed by atoms with Gasteiger partial charge < -0.3 is 20.7 Å². The van der Waals surface area contributed by atoms with Gasteiger partial charge in [0.1, 0.15) is 11.5 Å². The Balaban J connectivity index is 2.09. The average molecular weight is 327 g/mol. The van der Waals surface area contributed by atoms with Crippen LogP contribution in [0.2, 0.25) is 0 Å². The summed E-state index contributed by atoms with van der Waals surface area (Å²) in [6.07, 6.45) is 0. The van der Waals surface area contributed by atoms with Gasteiger partial charge >= 0.3 is 5.97 Å². The van der Waals surface area contributed by atoms with Crippen molar-refractivity contribution in [2.24, 2.45) is 0 Å². The molecule has 24 heavy (non-hydrogen) atoms. The van der Waals surface area contributed by atoms with Gasteiger partial charge in [-0.2, -0.15) is 0 Å². The second kappa shape index (κ2) is 6.04. The molecule has 7 heteroatoms. The Bertz CT molecular complexity index is 932. The molecule has 0 spiro atoms. The zero-order valence-electron chi connectivity index (χ0n) is 12.7. The number of aromatic nitrogens is 1. The number of halogens is 1. The number of anilines is 3. The van der Waals surface area contributed by atoms with E-state index < -0.39 is 5.97 Å². The predicted octanol–water partition coefficient (Wildman–Crippen LogP) is 3.71. The number of carboxylic acids is 1. The second-order valence-electron chi connectivity index (χ2n) is 5.29. The number of aromatic carboxylic acids is 1. The molecule has 0 aliphatic carbocycles. The smallest absolute Gasteiger partial charge is 0.352 e. The molecule has 3 aromatic rings. The maximum Gasteiger partial charge on any atom is 0.352 e. The third kappa shape index (κ3) is 3.19. The van der Waals surface area contributed by atoms with Crippen molar-refractivity contribution in [2.45, 2.75) is 6.92 Å². The molecular weight excluding hydrogens is 313 g/mol. The number of carbonyl (C=O) groups is 2. The van der Waals surface area contributed by atoms with Gasteiger partial charge in [-0.1, -0.05) is 0 Å². The highest BCUT2D eigenvalue weighted by Gasteiger charge is 2.13. The molecule has 0 unspecified atom stereocenters. The van der Waals surface area contributed by atoms with Gasteiger partial charge in [-0.15, -0.1) is 0 Å². The summed E-state index contributed by atoms with van der Waals surface area (Å²) >= 11 is 0. The molecule has 0 aliphatic heterocycles. The minimum Gasteiger partial charge on any atom is -0.477 e. The third-order valence-electron chi connectivity index (χ3n) is 3.41. The SMILES string of the molecule is CC(=O)Nc1cc(Nc2ccc(F)cc2)c2cc(C(=O)O)[nH]c2c1. The fourth-order valence-electron chi connectivity index (χ4n) is 2.42. The van der Waals surface area contributed by atoms with Crippen LogP contribution in [-0.4, -0.2) is 22.0 Å². The number of aromatic amines is 1. The van der Waals surface area contributed by atoms with Crippen LogP contribution in [-0.2, 0) is 4.79 Å². The molecule has 0 radical (unpaired) electrons. The Morgan fingerprint density at radius 3 is 2.42 bits per heavy atom. The van der Waals surface area contributed by atoms with Crippen LogP contribution in [0.3, 0.4) is 0 Å². The van der Waals surface area contributed by atoms with Crippen molar-refractivity contribution in [1.82, 2.24) is 4.98 Å². The second-order valence-corrected chi connectivity index (χ2v) is 5.29. The molecule has 0 aliphatic rings. The zero-order valence-corrected chi connectivity index (χ0v) is 12.7. The van der Waals surface area contributed by atoms with E-state index in [1.165, 1.54) is 25.1 Å². The average Bonchev–Trinajstić information content (AvgIpc) is 2.93. The molecule has 0 bridgehead atoms. The van der Waals surface area contributed by atoms with Crippen LogP contribution in [0, 0.1) is 5.82 Å². The van der Waals surface area contributed by atoms with E-state index in [1.807, 2.05) is 0 Å². The van der Waals surface area contributed by atoms with Crippen molar-refractivity contribution in [3.05, 3.63) is 54.0 Å². The summed E-state index contributed by atoms with van der Waals surface area (Å²) in [6, 6.07) is 10.6. The third-order valence-corrected chi connectivity index (χ3v) is 3.41. The van der Waals surface area contributed by atoms with Crippen molar-refractivity contribution in [3.8, 4) is 0 Å². The Labute approximate surface area is 136 Å². The minimum absolute atomic E-state index is 0.0344. The first-order valence-electron chi connectivity index (χ1n) is 7.12. The Morgan fingerprint density at radius 2 is 1.79 bits per heavy atom. The lowest BCUT2D eigenvalue weighted by atomic mass is 10.1. The number of benzene rings is 2. The van der Waals surface area contributed by atoms with E-state index in [4.69, 9.17) is 5.11 Å². The highest BCUT2D eigenvalue weighted by Crippen LogP contribution is 2.31. The first-order chi connectivity index (χ1) is 11.4. The lowest BCUT2D eigenvalue weighted by Gasteiger charge is -2.11. The standard InChI is InChI=1S/C17H14FN3O3/c1-9(22)19-12-6-14(20-11-4-2-10(18)3-5-11)13-8-16(17(23)24)21-15(13)7-12/h2-8,20-21H,1H3,(H,19,22)(H,23,24). The monoisotopic (exact) mass is 327 g/mol. The molecule has 0 saturated heterocycles. The number of amides is 1. The van der Waals surface area contributed by atoms with Crippen LogP contribution >= 0.6 is 0 Å². The minimum atomic E-state index is -1.08. The zero-order chi connectivity index (χ0) is 17.3. The summed E-state index contributed by atoms with van der Waals surface area (Å²) in [6.45, 7) is 1.38. The van der Waals surface area contributed by atoms with Crippen LogP contribution < -0.4 is 10.6 Å². The maximum atomic E-state index is 13.0. The maximum absolute atomic E-state index is 13.0. The number of hydrogen-bond acceptors (Lipinski definition) is 3.